The van der Waals surface area contributed by atoms with Gasteiger partial charge >= 0.3 is 0 Å². The summed E-state index contributed by atoms with van der Waals surface area (Å²) < 4.78 is 5.83. The van der Waals surface area contributed by atoms with Crippen LogP contribution in [0.15, 0.2) is 80.8 Å². The van der Waals surface area contributed by atoms with Gasteiger partial charge in [-0.2, -0.15) is 0 Å². The van der Waals surface area contributed by atoms with E-state index < -0.39 is 11.5 Å². The van der Waals surface area contributed by atoms with Gasteiger partial charge in [0.2, 0.25) is 0 Å². The topological polar surface area (TPSA) is 80.5 Å². The number of hydrogen-bond donors (Lipinski definition) is 0. The molecule has 0 fully saturated rings. The van der Waals surface area contributed by atoms with Crippen LogP contribution in [0.2, 0.25) is 0 Å². The van der Waals surface area contributed by atoms with Crippen molar-refractivity contribution in [3.05, 3.63) is 77.0 Å². The average molecular weight is 448 g/mol. The van der Waals surface area contributed by atoms with Crippen LogP contribution in [-0.4, -0.2) is 34.9 Å². The number of ether oxygens (including phenoxy) is 1. The van der Waals surface area contributed by atoms with Crippen molar-refractivity contribution in [3.8, 4) is 5.75 Å². The van der Waals surface area contributed by atoms with E-state index in [-0.39, 0.29) is 30.4 Å². The van der Waals surface area contributed by atoms with Gasteiger partial charge in [-0.1, -0.05) is 30.3 Å². The molecular weight excluding hydrogens is 426 g/mol. The van der Waals surface area contributed by atoms with Crippen LogP contribution in [0.25, 0.3) is 0 Å². The molecule has 1 atom stereocenters. The summed E-state index contributed by atoms with van der Waals surface area (Å²) in [5.74, 6) is 0.512. The molecule has 2 aliphatic heterocycles. The standard InChI is InChI=1S/C25H21N3O3.ClH/c1-25(2)23(30)18-12-20(29)22-21(19(18)13-26-25)27-24(28-22)16-8-10-17(11-9-16)31-14-15-6-4-3-5-7-15;/h3-11,13,18H,12,14H2,1-2H3;1H. The molecule has 1 unspecified atom stereocenters. The molecule has 162 valence electrons. The predicted molar refractivity (Wildman–Crippen MR) is 126 cm³/mol. The lowest BCUT2D eigenvalue weighted by atomic mass is 9.74. The third kappa shape index (κ3) is 3.82. The number of carbonyl (C=O) groups is 2. The molecule has 5 rings (SSSR count). The number of Topliss-reactive ketones (excluding diaryl/α,β-unsaturated/α-hetero) is 2. The van der Waals surface area contributed by atoms with E-state index in [1.54, 1.807) is 20.1 Å². The molecule has 0 aromatic heterocycles. The first-order valence-corrected chi connectivity index (χ1v) is 10.2. The molecule has 0 N–H and O–H groups in total. The molecular formula is C25H22ClN3O3. The maximum absolute atomic E-state index is 12.8. The number of halogens is 1. The van der Waals surface area contributed by atoms with Gasteiger partial charge in [0.25, 0.3) is 0 Å². The third-order valence-electron chi connectivity index (χ3n) is 5.77. The zero-order chi connectivity index (χ0) is 21.6. The number of aliphatic imine (C=N–C) groups is 3. The van der Waals surface area contributed by atoms with Gasteiger partial charge in [-0.05, 0) is 43.7 Å². The Bertz CT molecular complexity index is 1210. The summed E-state index contributed by atoms with van der Waals surface area (Å²) in [7, 11) is 0. The van der Waals surface area contributed by atoms with Crippen molar-refractivity contribution >= 4 is 41.7 Å². The lowest BCUT2D eigenvalue weighted by Gasteiger charge is -2.32. The van der Waals surface area contributed by atoms with Crippen LogP contribution in [0.3, 0.4) is 0 Å². The predicted octanol–water partition coefficient (Wildman–Crippen LogP) is 4.16. The van der Waals surface area contributed by atoms with E-state index in [9.17, 15) is 9.59 Å². The highest BCUT2D eigenvalue weighted by molar-refractivity contribution is 6.51. The molecule has 2 aromatic carbocycles. The Morgan fingerprint density at radius 1 is 1.00 bits per heavy atom. The number of amidine groups is 1. The number of hydrogen-bond acceptors (Lipinski definition) is 6. The fraction of sp³-hybridized carbons (Fsp3) is 0.240. The molecule has 1 aliphatic carbocycles. The first-order chi connectivity index (χ1) is 14.9. The van der Waals surface area contributed by atoms with Gasteiger partial charge in [-0.3, -0.25) is 14.6 Å². The molecule has 0 amide bonds. The van der Waals surface area contributed by atoms with Crippen molar-refractivity contribution in [2.75, 3.05) is 0 Å². The number of ketones is 2. The minimum atomic E-state index is -0.815. The van der Waals surface area contributed by atoms with Crippen molar-refractivity contribution in [3.63, 3.8) is 0 Å². The number of fused-ring (bicyclic) bond motifs is 2. The average Bonchev–Trinajstić information content (AvgIpc) is 3.23. The Labute approximate surface area is 192 Å². The van der Waals surface area contributed by atoms with Gasteiger partial charge < -0.3 is 4.74 Å². The maximum atomic E-state index is 12.8. The van der Waals surface area contributed by atoms with Crippen molar-refractivity contribution in [2.24, 2.45) is 20.9 Å². The molecule has 32 heavy (non-hydrogen) atoms. The second-order valence-electron chi connectivity index (χ2n) is 8.36. The highest BCUT2D eigenvalue weighted by Crippen LogP contribution is 2.37. The first kappa shape index (κ1) is 21.8. The van der Waals surface area contributed by atoms with E-state index in [1.807, 2.05) is 54.6 Å². The summed E-state index contributed by atoms with van der Waals surface area (Å²) >= 11 is 0. The van der Waals surface area contributed by atoms with Crippen LogP contribution in [0.5, 0.6) is 5.75 Å². The lowest BCUT2D eigenvalue weighted by molar-refractivity contribution is -0.128. The Morgan fingerprint density at radius 2 is 1.72 bits per heavy atom. The Morgan fingerprint density at radius 3 is 2.44 bits per heavy atom. The van der Waals surface area contributed by atoms with Crippen LogP contribution in [0, 0.1) is 5.92 Å². The van der Waals surface area contributed by atoms with Gasteiger partial charge in [0.1, 0.15) is 29.3 Å². The SMILES string of the molecule is CC1(C)N=CC2=C3N=C(c4ccc(OCc5ccccc5)cc4)N=C3C(=O)CC2C1=O.Cl. The van der Waals surface area contributed by atoms with Gasteiger partial charge in [0.05, 0.1) is 5.92 Å². The fourth-order valence-corrected chi connectivity index (χ4v) is 3.97. The zero-order valence-electron chi connectivity index (χ0n) is 17.7. The number of rotatable bonds is 4. The number of nitrogens with zero attached hydrogens (tertiary/aromatic N) is 3. The van der Waals surface area contributed by atoms with E-state index in [0.29, 0.717) is 29.4 Å². The monoisotopic (exact) mass is 447 g/mol. The molecule has 0 radical (unpaired) electrons. The number of allylic oxidation sites excluding steroid dienone is 2. The minimum Gasteiger partial charge on any atom is -0.489 e. The molecule has 0 saturated heterocycles. The van der Waals surface area contributed by atoms with Crippen LogP contribution in [0.4, 0.5) is 0 Å². The summed E-state index contributed by atoms with van der Waals surface area (Å²) in [5, 5.41) is 0. The Kier molecular flexibility index (Phi) is 5.65. The van der Waals surface area contributed by atoms with E-state index >= 15 is 0 Å². The molecule has 2 heterocycles. The van der Waals surface area contributed by atoms with Crippen LogP contribution < -0.4 is 4.74 Å². The highest BCUT2D eigenvalue weighted by Gasteiger charge is 2.45. The van der Waals surface area contributed by atoms with Crippen LogP contribution >= 0.6 is 12.4 Å². The van der Waals surface area contributed by atoms with Gasteiger partial charge in [-0.25, -0.2) is 9.98 Å². The molecule has 2 aromatic rings. The summed E-state index contributed by atoms with van der Waals surface area (Å²) in [6.07, 6.45) is 1.82. The summed E-state index contributed by atoms with van der Waals surface area (Å²) in [6.45, 7) is 4.03. The molecule has 7 heteroatoms. The smallest absolute Gasteiger partial charge is 0.184 e. The van der Waals surface area contributed by atoms with Gasteiger partial charge in [0, 0.05) is 23.8 Å². The van der Waals surface area contributed by atoms with Crippen LogP contribution in [0.1, 0.15) is 31.4 Å². The van der Waals surface area contributed by atoms with Crippen molar-refractivity contribution < 1.29 is 14.3 Å². The van der Waals surface area contributed by atoms with Crippen molar-refractivity contribution in [1.82, 2.24) is 0 Å². The largest absolute Gasteiger partial charge is 0.489 e. The van der Waals surface area contributed by atoms with Gasteiger partial charge in [-0.15, -0.1) is 12.4 Å². The summed E-state index contributed by atoms with van der Waals surface area (Å²) in [5.41, 5.74) is 2.56. The first-order valence-electron chi connectivity index (χ1n) is 10.2. The summed E-state index contributed by atoms with van der Waals surface area (Å²) in [6, 6.07) is 17.4. The molecule has 0 saturated carbocycles. The quantitative estimate of drug-likeness (QED) is 0.705. The fourth-order valence-electron chi connectivity index (χ4n) is 3.97. The maximum Gasteiger partial charge on any atom is 0.184 e. The van der Waals surface area contributed by atoms with E-state index in [1.165, 1.54) is 0 Å². The number of benzene rings is 2. The normalized spacial score (nSPS) is 20.8. The summed E-state index contributed by atoms with van der Waals surface area (Å²) in [4.78, 5) is 38.9. The third-order valence-corrected chi connectivity index (χ3v) is 5.77. The molecule has 0 spiro atoms. The van der Waals surface area contributed by atoms with Crippen molar-refractivity contribution in [1.29, 1.82) is 0 Å². The second kappa shape index (κ2) is 8.28. The van der Waals surface area contributed by atoms with E-state index in [4.69, 9.17) is 4.74 Å². The highest BCUT2D eigenvalue weighted by atomic mass is 35.5. The zero-order valence-corrected chi connectivity index (χ0v) is 18.6. The Hall–Kier alpha value is -3.38. The van der Waals surface area contributed by atoms with Crippen molar-refractivity contribution in [2.45, 2.75) is 32.4 Å². The lowest BCUT2D eigenvalue weighted by Crippen LogP contribution is -2.44. The second-order valence-corrected chi connectivity index (χ2v) is 8.36. The van der Waals surface area contributed by atoms with E-state index in [2.05, 4.69) is 15.0 Å². The van der Waals surface area contributed by atoms with E-state index in [0.717, 1.165) is 16.9 Å². The molecule has 6 nitrogen and oxygen atoms in total. The van der Waals surface area contributed by atoms with Crippen LogP contribution in [-0.2, 0) is 16.2 Å². The Balaban J connectivity index is 0.00000245. The number of carbonyl (C=O) groups excluding carboxylic acids is 2. The molecule has 0 bridgehead atoms. The van der Waals surface area contributed by atoms with Gasteiger partial charge in [0.15, 0.2) is 17.4 Å². The minimum absolute atomic E-state index is 0. The molecule has 3 aliphatic rings.